The Kier molecular flexibility index (Phi) is 7.21. The number of rotatable bonds is 9. The van der Waals surface area contributed by atoms with E-state index in [-0.39, 0.29) is 19.9 Å². The van der Waals surface area contributed by atoms with E-state index in [0.29, 0.717) is 5.82 Å². The quantitative estimate of drug-likeness (QED) is 0.139. The maximum Gasteiger partial charge on any atom is 0.388 e. The van der Waals surface area contributed by atoms with Crippen LogP contribution in [0.15, 0.2) is 72.8 Å². The third kappa shape index (κ3) is 4.77. The van der Waals surface area contributed by atoms with Crippen molar-refractivity contribution in [2.45, 2.75) is 50.8 Å². The maximum atomic E-state index is 5.85. The summed E-state index contributed by atoms with van der Waals surface area (Å²) >= 11 is 0. The van der Waals surface area contributed by atoms with E-state index in [0.717, 1.165) is 32.7 Å². The molecule has 4 aromatic rings. The number of benzene rings is 4. The minimum Gasteiger partial charge on any atom is -0.409 e. The number of hydrogen-bond acceptors (Lipinski definition) is 6. The first kappa shape index (κ1) is 25.6. The van der Waals surface area contributed by atoms with Crippen molar-refractivity contribution in [1.29, 1.82) is 0 Å². The lowest BCUT2D eigenvalue weighted by molar-refractivity contribution is 0.0284. The Morgan fingerprint density at radius 1 is 0.675 bits per heavy atom. The van der Waals surface area contributed by atoms with Crippen molar-refractivity contribution < 1.29 is 4.74 Å². The molecule has 1 saturated heterocycles. The fourth-order valence-electron chi connectivity index (χ4n) is 7.24. The lowest BCUT2D eigenvalue weighted by Gasteiger charge is -2.46. The molecular formula is C32H39B2N5O. The van der Waals surface area contributed by atoms with Gasteiger partial charge in [-0.15, -0.1) is 0 Å². The molecule has 3 aliphatic heterocycles. The summed E-state index contributed by atoms with van der Waals surface area (Å²) in [6, 6.07) is 26.5. The zero-order valence-electron chi connectivity index (χ0n) is 23.5. The summed E-state index contributed by atoms with van der Waals surface area (Å²) in [7, 11) is 0. The Bertz CT molecular complexity index is 1410. The molecule has 0 aliphatic carbocycles. The Labute approximate surface area is 238 Å². The lowest BCUT2D eigenvalue weighted by atomic mass is 9.45. The van der Waals surface area contributed by atoms with Crippen LogP contribution >= 0.6 is 0 Å². The highest BCUT2D eigenvalue weighted by Gasteiger charge is 2.46. The van der Waals surface area contributed by atoms with Crippen molar-refractivity contribution in [3.8, 4) is 0 Å². The largest absolute Gasteiger partial charge is 0.409 e. The van der Waals surface area contributed by atoms with Crippen LogP contribution in [0.5, 0.6) is 0 Å². The van der Waals surface area contributed by atoms with Crippen LogP contribution in [-0.2, 0) is 4.74 Å². The predicted molar refractivity (Wildman–Crippen MR) is 173 cm³/mol. The van der Waals surface area contributed by atoms with Crippen LogP contribution in [0.2, 0.25) is 5.82 Å². The van der Waals surface area contributed by atoms with Gasteiger partial charge in [-0.1, -0.05) is 87.6 Å². The van der Waals surface area contributed by atoms with Gasteiger partial charge in [-0.25, -0.2) is 0 Å². The molecule has 40 heavy (non-hydrogen) atoms. The monoisotopic (exact) mass is 531 g/mol. The van der Waals surface area contributed by atoms with E-state index in [1.54, 1.807) is 0 Å². The summed E-state index contributed by atoms with van der Waals surface area (Å²) in [5.41, 5.74) is 4.91. The third-order valence-corrected chi connectivity index (χ3v) is 9.12. The van der Waals surface area contributed by atoms with Gasteiger partial charge in [0.15, 0.2) is 0 Å². The summed E-state index contributed by atoms with van der Waals surface area (Å²) in [5.74, 6) is 0.608. The third-order valence-electron chi connectivity index (χ3n) is 9.12. The number of morpholine rings is 1. The molecule has 7 rings (SSSR count). The first-order chi connectivity index (χ1) is 19.8. The minimum atomic E-state index is 0.0753. The average Bonchev–Trinajstić information content (AvgIpc) is 3.00. The van der Waals surface area contributed by atoms with Crippen molar-refractivity contribution >= 4 is 58.3 Å². The average molecular weight is 531 g/mol. The fourth-order valence-corrected chi connectivity index (χ4v) is 7.24. The molecule has 1 fully saturated rings. The van der Waals surface area contributed by atoms with Crippen LogP contribution in [0.1, 0.15) is 39.0 Å². The molecule has 0 spiro atoms. The Morgan fingerprint density at radius 2 is 1.18 bits per heavy atom. The second kappa shape index (κ2) is 11.3. The first-order valence-electron chi connectivity index (χ1n) is 15.2. The van der Waals surface area contributed by atoms with E-state index < -0.39 is 0 Å². The summed E-state index contributed by atoms with van der Waals surface area (Å²) in [4.78, 5) is 2.68. The Morgan fingerprint density at radius 3 is 1.68 bits per heavy atom. The van der Waals surface area contributed by atoms with E-state index >= 15 is 0 Å². The van der Waals surface area contributed by atoms with Gasteiger partial charge in [0, 0.05) is 52.6 Å². The number of anilines is 4. The molecule has 6 nitrogen and oxygen atoms in total. The van der Waals surface area contributed by atoms with Gasteiger partial charge in [-0.3, -0.25) is 4.90 Å². The lowest BCUT2D eigenvalue weighted by Crippen LogP contribution is -2.63. The van der Waals surface area contributed by atoms with Crippen LogP contribution < -0.4 is 20.9 Å². The van der Waals surface area contributed by atoms with E-state index in [4.69, 9.17) is 4.74 Å². The molecule has 0 amide bonds. The van der Waals surface area contributed by atoms with Crippen LogP contribution in [0.25, 0.3) is 21.5 Å². The molecule has 8 heteroatoms. The fraction of sp³-hybridized carbons (Fsp3) is 0.375. The van der Waals surface area contributed by atoms with Crippen molar-refractivity contribution in [3.63, 3.8) is 0 Å². The molecule has 4 aromatic carbocycles. The molecule has 3 aliphatic rings. The molecular weight excluding hydrogens is 492 g/mol. The Balaban J connectivity index is 1.27. The van der Waals surface area contributed by atoms with Gasteiger partial charge >= 0.3 is 14.0 Å². The first-order valence-corrected chi connectivity index (χ1v) is 15.2. The summed E-state index contributed by atoms with van der Waals surface area (Å²) in [6.45, 7) is 5.94. The van der Waals surface area contributed by atoms with Crippen molar-refractivity contribution in [2.75, 3.05) is 47.2 Å². The zero-order valence-corrected chi connectivity index (χ0v) is 23.5. The highest BCUT2D eigenvalue weighted by atomic mass is 16.5. The SMILES string of the molecule is CCCCCC[C@H](B1Nc2cccc3cccc(c23)N1)[C@H](B1Nc2cccc3cccc(c23)N1)N1CCOCC1. The molecule has 0 bridgehead atoms. The topological polar surface area (TPSA) is 60.6 Å². The number of ether oxygens (including phenoxy) is 1. The molecule has 0 radical (unpaired) electrons. The number of unbranched alkanes of at least 4 members (excludes halogenated alkanes) is 3. The van der Waals surface area contributed by atoms with Crippen LogP contribution in [0.3, 0.4) is 0 Å². The zero-order chi connectivity index (χ0) is 26.9. The normalized spacial score (nSPS) is 18.0. The van der Waals surface area contributed by atoms with Gasteiger partial charge in [0.1, 0.15) is 0 Å². The molecule has 0 aromatic heterocycles. The molecule has 4 N–H and O–H groups in total. The van der Waals surface area contributed by atoms with Gasteiger partial charge in [0.2, 0.25) is 0 Å². The predicted octanol–water partition coefficient (Wildman–Crippen LogP) is 6.93. The minimum absolute atomic E-state index is 0.0753. The molecule has 204 valence electrons. The van der Waals surface area contributed by atoms with Crippen LogP contribution in [0, 0.1) is 0 Å². The van der Waals surface area contributed by atoms with Crippen LogP contribution in [-0.4, -0.2) is 51.1 Å². The second-order valence-electron chi connectivity index (χ2n) is 11.6. The number of nitrogens with one attached hydrogen (secondary N) is 4. The molecule has 0 saturated carbocycles. The van der Waals surface area contributed by atoms with Gasteiger partial charge < -0.3 is 25.6 Å². The molecule has 0 unspecified atom stereocenters. The highest BCUT2D eigenvalue weighted by Crippen LogP contribution is 2.41. The van der Waals surface area contributed by atoms with Crippen molar-refractivity contribution in [2.24, 2.45) is 0 Å². The Hall–Kier alpha value is -3.35. The van der Waals surface area contributed by atoms with Gasteiger partial charge in [-0.05, 0) is 40.9 Å². The maximum absolute atomic E-state index is 5.85. The number of nitrogens with zero attached hydrogens (tertiary/aromatic N) is 1. The standard InChI is InChI=1S/C32H39B2N5O/c1-2-3-4-5-14-25(33-35-26-15-6-10-23-11-7-16-27(36-33)30(23)26)32(39-19-21-40-22-20-39)34-37-28-17-8-12-24-13-9-18-29(38-34)31(24)28/h6-13,15-18,25,32,35-38H,2-5,14,19-22H2,1H3/t25-,32+/m0/s1. The molecule has 2 atom stereocenters. The van der Waals surface area contributed by atoms with Crippen molar-refractivity contribution in [1.82, 2.24) is 4.90 Å². The van der Waals surface area contributed by atoms with Gasteiger partial charge in [-0.2, -0.15) is 0 Å². The van der Waals surface area contributed by atoms with E-state index in [9.17, 15) is 0 Å². The summed E-state index contributed by atoms with van der Waals surface area (Å²) < 4.78 is 5.85. The smallest absolute Gasteiger partial charge is 0.388 e. The van der Waals surface area contributed by atoms with Gasteiger partial charge in [0.25, 0.3) is 0 Å². The van der Waals surface area contributed by atoms with Crippen molar-refractivity contribution in [3.05, 3.63) is 72.8 Å². The highest BCUT2D eigenvalue weighted by molar-refractivity contribution is 6.75. The van der Waals surface area contributed by atoms with E-state index in [1.807, 2.05) is 0 Å². The van der Waals surface area contributed by atoms with Crippen LogP contribution in [0.4, 0.5) is 22.7 Å². The van der Waals surface area contributed by atoms with E-state index in [2.05, 4.69) is 106 Å². The molecule has 3 heterocycles. The van der Waals surface area contributed by atoms with Gasteiger partial charge in [0.05, 0.1) is 13.2 Å². The van der Waals surface area contributed by atoms with E-state index in [1.165, 1.54) is 70.0 Å². The number of hydrogen-bond donors (Lipinski definition) is 4. The second-order valence-corrected chi connectivity index (χ2v) is 11.6. The summed E-state index contributed by atoms with van der Waals surface area (Å²) in [6.07, 6.45) is 6.19. The summed E-state index contributed by atoms with van der Waals surface area (Å²) in [5, 5.41) is 21.0.